The van der Waals surface area contributed by atoms with Crippen molar-refractivity contribution in [2.24, 2.45) is 0 Å². The number of aryl methyl sites for hydroxylation is 1. The zero-order valence-corrected chi connectivity index (χ0v) is 26.0. The van der Waals surface area contributed by atoms with Gasteiger partial charge in [-0.3, -0.25) is 0 Å². The molecule has 0 saturated heterocycles. The number of benzene rings is 3. The highest BCUT2D eigenvalue weighted by Gasteiger charge is 2.29. The number of nitrogens with zero attached hydrogens (tertiary/aromatic N) is 3. The summed E-state index contributed by atoms with van der Waals surface area (Å²) in [6, 6.07) is 23.4. The fourth-order valence-corrected chi connectivity index (χ4v) is 7.18. The third-order valence-corrected chi connectivity index (χ3v) is 9.52. The van der Waals surface area contributed by atoms with E-state index < -0.39 is 12.2 Å². The second kappa shape index (κ2) is 12.8. The third kappa shape index (κ3) is 5.92. The summed E-state index contributed by atoms with van der Waals surface area (Å²) in [6.07, 6.45) is -0.149. The van der Waals surface area contributed by atoms with Crippen LogP contribution in [0.5, 0.6) is 0 Å². The smallest absolute Gasteiger partial charge is 0.432 e. The number of hydrogen-bond acceptors (Lipinski definition) is 7. The highest BCUT2D eigenvalue weighted by Crippen LogP contribution is 2.45. The van der Waals surface area contributed by atoms with Gasteiger partial charge in [0, 0.05) is 34.7 Å². The number of halogens is 1. The van der Waals surface area contributed by atoms with E-state index in [0.29, 0.717) is 48.6 Å². The Hall–Kier alpha value is -4.64. The molecule has 2 heterocycles. The summed E-state index contributed by atoms with van der Waals surface area (Å²) < 4.78 is 6.68. The lowest BCUT2D eigenvalue weighted by molar-refractivity contribution is 0.142. The highest BCUT2D eigenvalue weighted by atomic mass is 35.5. The minimum atomic E-state index is -1.19. The first-order valence-corrected chi connectivity index (χ1v) is 15.4. The molecule has 45 heavy (non-hydrogen) atoms. The molecule has 228 valence electrons. The number of rotatable bonds is 8. The molecule has 1 aliphatic carbocycles. The predicted molar refractivity (Wildman–Crippen MR) is 172 cm³/mol. The van der Waals surface area contributed by atoms with E-state index in [9.17, 15) is 19.8 Å². The summed E-state index contributed by atoms with van der Waals surface area (Å²) in [5, 5.41) is 27.4. The lowest BCUT2D eigenvalue weighted by Crippen LogP contribution is -2.26. The molecular weight excluding hydrogens is 612 g/mol. The zero-order chi connectivity index (χ0) is 31.7. The quantitative estimate of drug-likeness (QED) is 0.160. The van der Waals surface area contributed by atoms with Crippen molar-refractivity contribution in [2.75, 3.05) is 6.61 Å². The van der Waals surface area contributed by atoms with Crippen LogP contribution in [0.2, 0.25) is 5.02 Å². The largest absolute Gasteiger partial charge is 0.463 e. The Morgan fingerprint density at radius 1 is 1.00 bits per heavy atom. The number of hydrogen-bond donors (Lipinski definition) is 3. The Kier molecular flexibility index (Phi) is 8.62. The van der Waals surface area contributed by atoms with Crippen molar-refractivity contribution in [1.82, 2.24) is 20.1 Å². The number of nitrogens with one attached hydrogen (secondary N) is 1. The van der Waals surface area contributed by atoms with Gasteiger partial charge in [-0.1, -0.05) is 78.0 Å². The van der Waals surface area contributed by atoms with Gasteiger partial charge in [0.25, 0.3) is 0 Å². The first kappa shape index (κ1) is 30.4. The van der Waals surface area contributed by atoms with Crippen LogP contribution in [-0.2, 0) is 17.9 Å². The van der Waals surface area contributed by atoms with Gasteiger partial charge in [-0.05, 0) is 65.4 Å². The fraction of sp³-hybridized carbons (Fsp3) is 0.176. The first-order chi connectivity index (χ1) is 21.8. The van der Waals surface area contributed by atoms with E-state index in [1.165, 1.54) is 11.8 Å². The Morgan fingerprint density at radius 3 is 2.33 bits per heavy atom. The fourth-order valence-electron chi connectivity index (χ4n) is 5.84. The molecular formula is C34H29ClN4O5S. The number of aliphatic hydroxyl groups is 1. The molecule has 6 rings (SSSR count). The van der Waals surface area contributed by atoms with Crippen LogP contribution < -0.4 is 5.32 Å². The number of pyridine rings is 1. The molecule has 1 aliphatic rings. The standard InChI is InChI=1S/C34H29ClN4O5S/c1-19-30(20(2)39(38-19)34(42)43)22-14-23(31(29(35)15-22)45-32-21(17-40)8-7-13-36-32)16-37-33(41)44-18-28-26-11-5-3-9-24(26)25-10-4-6-12-27(25)28/h3-15,28,40H,16-18H2,1-2H3,(H,37,41)(H,42,43). The second-order valence-corrected chi connectivity index (χ2v) is 12.0. The van der Waals surface area contributed by atoms with Crippen LogP contribution in [0.25, 0.3) is 22.3 Å². The maximum Gasteiger partial charge on any atom is 0.432 e. The molecule has 0 unspecified atom stereocenters. The maximum atomic E-state index is 13.1. The number of amides is 1. The van der Waals surface area contributed by atoms with E-state index >= 15 is 0 Å². The third-order valence-electron chi connectivity index (χ3n) is 7.87. The number of carboxylic acid groups (broad SMARTS) is 1. The number of aromatic nitrogens is 3. The molecule has 0 spiro atoms. The van der Waals surface area contributed by atoms with Crippen LogP contribution in [0.15, 0.2) is 88.9 Å². The van der Waals surface area contributed by atoms with Gasteiger partial charge < -0.3 is 20.3 Å². The summed E-state index contributed by atoms with van der Waals surface area (Å²) in [6.45, 7) is 3.44. The number of ether oxygens (including phenoxy) is 1. The molecule has 3 N–H and O–H groups in total. The van der Waals surface area contributed by atoms with Gasteiger partial charge >= 0.3 is 12.2 Å². The van der Waals surface area contributed by atoms with Crippen molar-refractivity contribution in [2.45, 2.75) is 42.8 Å². The van der Waals surface area contributed by atoms with Gasteiger partial charge in [-0.2, -0.15) is 9.78 Å². The average molecular weight is 641 g/mol. The van der Waals surface area contributed by atoms with Gasteiger partial charge in [0.1, 0.15) is 11.6 Å². The lowest BCUT2D eigenvalue weighted by atomic mass is 9.98. The predicted octanol–water partition coefficient (Wildman–Crippen LogP) is 7.42. The molecule has 0 saturated carbocycles. The minimum absolute atomic E-state index is 0.0685. The molecule has 11 heteroatoms. The lowest BCUT2D eigenvalue weighted by Gasteiger charge is -2.17. The van der Waals surface area contributed by atoms with Crippen LogP contribution >= 0.6 is 23.4 Å². The van der Waals surface area contributed by atoms with Gasteiger partial charge in [0.15, 0.2) is 0 Å². The van der Waals surface area contributed by atoms with Crippen molar-refractivity contribution in [3.63, 3.8) is 0 Å². The molecule has 0 radical (unpaired) electrons. The van der Waals surface area contributed by atoms with Crippen LogP contribution in [0.4, 0.5) is 9.59 Å². The van der Waals surface area contributed by atoms with Crippen molar-refractivity contribution < 1.29 is 24.5 Å². The molecule has 1 amide bonds. The highest BCUT2D eigenvalue weighted by molar-refractivity contribution is 7.99. The molecule has 5 aromatic rings. The van der Waals surface area contributed by atoms with Crippen molar-refractivity contribution in [1.29, 1.82) is 0 Å². The number of carbonyl (C=O) groups is 2. The van der Waals surface area contributed by atoms with Gasteiger partial charge in [0.2, 0.25) is 0 Å². The second-order valence-electron chi connectivity index (χ2n) is 10.6. The molecule has 9 nitrogen and oxygen atoms in total. The minimum Gasteiger partial charge on any atom is -0.463 e. The Morgan fingerprint density at radius 2 is 1.69 bits per heavy atom. The number of aliphatic hydroxyl groups excluding tert-OH is 1. The van der Waals surface area contributed by atoms with E-state index in [-0.39, 0.29) is 25.7 Å². The monoisotopic (exact) mass is 640 g/mol. The van der Waals surface area contributed by atoms with Gasteiger partial charge in [-0.25, -0.2) is 14.6 Å². The van der Waals surface area contributed by atoms with E-state index in [2.05, 4.69) is 39.7 Å². The van der Waals surface area contributed by atoms with Crippen molar-refractivity contribution >= 4 is 35.5 Å². The summed E-state index contributed by atoms with van der Waals surface area (Å²) in [4.78, 5) is 29.9. The maximum absolute atomic E-state index is 13.1. The zero-order valence-electron chi connectivity index (χ0n) is 24.5. The molecule has 0 bridgehead atoms. The topological polar surface area (TPSA) is 127 Å². The summed E-state index contributed by atoms with van der Waals surface area (Å²) in [5.74, 6) is -0.0789. The van der Waals surface area contributed by atoms with Crippen molar-refractivity contribution in [3.05, 3.63) is 118 Å². The number of alkyl carbamates (subject to hydrolysis) is 1. The Labute approximate surface area is 268 Å². The van der Waals surface area contributed by atoms with E-state index in [0.717, 1.165) is 26.9 Å². The van der Waals surface area contributed by atoms with E-state index in [4.69, 9.17) is 16.3 Å². The van der Waals surface area contributed by atoms with Crippen LogP contribution in [0.1, 0.15) is 39.6 Å². The molecule has 0 atom stereocenters. The molecule has 0 fully saturated rings. The van der Waals surface area contributed by atoms with Crippen molar-refractivity contribution in [3.8, 4) is 22.3 Å². The van der Waals surface area contributed by atoms with E-state index in [1.807, 2.05) is 30.3 Å². The molecule has 3 aromatic carbocycles. The Balaban J connectivity index is 1.27. The van der Waals surface area contributed by atoms with Gasteiger partial charge in [0.05, 0.1) is 23.0 Å². The van der Waals surface area contributed by atoms with E-state index in [1.54, 1.807) is 38.2 Å². The normalized spacial score (nSPS) is 12.1. The summed E-state index contributed by atoms with van der Waals surface area (Å²) >= 11 is 8.14. The summed E-state index contributed by atoms with van der Waals surface area (Å²) in [7, 11) is 0. The first-order valence-electron chi connectivity index (χ1n) is 14.2. The van der Waals surface area contributed by atoms with Crippen LogP contribution in [0, 0.1) is 13.8 Å². The van der Waals surface area contributed by atoms with Crippen LogP contribution in [-0.4, -0.2) is 43.8 Å². The number of carbonyl (C=O) groups excluding carboxylic acids is 1. The molecule has 2 aromatic heterocycles. The van der Waals surface area contributed by atoms with Crippen LogP contribution in [0.3, 0.4) is 0 Å². The Bertz CT molecular complexity index is 1900. The summed E-state index contributed by atoms with van der Waals surface area (Å²) in [5.41, 5.74) is 8.06. The van der Waals surface area contributed by atoms with Gasteiger partial charge in [-0.15, -0.1) is 0 Å². The average Bonchev–Trinajstić information content (AvgIpc) is 3.53. The molecule has 0 aliphatic heterocycles. The SMILES string of the molecule is Cc1nn(C(=O)O)c(C)c1-c1cc(Cl)c(Sc2ncccc2CO)c(CNC(=O)OCC2c3ccccc3-c3ccccc32)c1. The number of fused-ring (bicyclic) bond motifs is 3.